The van der Waals surface area contributed by atoms with Gasteiger partial charge in [0.1, 0.15) is 0 Å². The van der Waals surface area contributed by atoms with Crippen LogP contribution >= 0.6 is 0 Å². The van der Waals surface area contributed by atoms with Gasteiger partial charge in [-0.3, -0.25) is 0 Å². The van der Waals surface area contributed by atoms with Crippen molar-refractivity contribution in [3.63, 3.8) is 0 Å². The summed E-state index contributed by atoms with van der Waals surface area (Å²) in [6, 6.07) is 0. The predicted molar refractivity (Wildman–Crippen MR) is 54.2 cm³/mol. The first-order chi connectivity index (χ1) is 6.42. The molecule has 1 aromatic rings. The monoisotopic (exact) mass is 175 g/mol. The molecule has 2 heterocycles. The molecule has 0 aromatic carbocycles. The standard InChI is InChI=1S/C12H17N/c1-2-9-10-5-3-6-12(10)13-8-4-7-11(9)13/h2-8H2,1H3. The molecule has 1 aromatic heterocycles. The predicted octanol–water partition coefficient (Wildman–Crippen LogP) is 2.49. The molecule has 1 heteroatoms. The summed E-state index contributed by atoms with van der Waals surface area (Å²) >= 11 is 0. The molecular weight excluding hydrogens is 158 g/mol. The molecule has 1 aliphatic carbocycles. The quantitative estimate of drug-likeness (QED) is 0.618. The van der Waals surface area contributed by atoms with E-state index < -0.39 is 0 Å². The summed E-state index contributed by atoms with van der Waals surface area (Å²) in [7, 11) is 0. The number of rotatable bonds is 1. The number of nitrogens with zero attached hydrogens (tertiary/aromatic N) is 1. The van der Waals surface area contributed by atoms with E-state index in [4.69, 9.17) is 0 Å². The Bertz CT molecular complexity index is 296. The minimum atomic E-state index is 1.25. The van der Waals surface area contributed by atoms with Crippen LogP contribution in [0.25, 0.3) is 0 Å². The van der Waals surface area contributed by atoms with E-state index in [9.17, 15) is 0 Å². The second-order valence-electron chi connectivity index (χ2n) is 4.31. The van der Waals surface area contributed by atoms with Crippen LogP contribution in [0, 0.1) is 0 Å². The highest BCUT2D eigenvalue weighted by Gasteiger charge is 2.26. The third-order valence-corrected chi connectivity index (χ3v) is 3.70. The first-order valence-electron chi connectivity index (χ1n) is 5.63. The minimum Gasteiger partial charge on any atom is -0.348 e. The summed E-state index contributed by atoms with van der Waals surface area (Å²) in [6.45, 7) is 3.62. The Morgan fingerprint density at radius 3 is 2.77 bits per heavy atom. The highest BCUT2D eigenvalue weighted by atomic mass is 15.0. The molecule has 0 saturated carbocycles. The largest absolute Gasteiger partial charge is 0.348 e. The van der Waals surface area contributed by atoms with Crippen LogP contribution in [0.2, 0.25) is 0 Å². The summed E-state index contributed by atoms with van der Waals surface area (Å²) in [6.07, 6.45) is 8.09. The Morgan fingerprint density at radius 1 is 1.08 bits per heavy atom. The van der Waals surface area contributed by atoms with Gasteiger partial charge in [0.25, 0.3) is 0 Å². The average molecular weight is 175 g/mol. The molecule has 0 atom stereocenters. The van der Waals surface area contributed by atoms with Gasteiger partial charge in [0, 0.05) is 17.9 Å². The van der Waals surface area contributed by atoms with Gasteiger partial charge < -0.3 is 4.57 Å². The number of hydrogen-bond donors (Lipinski definition) is 0. The lowest BCUT2D eigenvalue weighted by atomic mass is 10.0. The second-order valence-corrected chi connectivity index (χ2v) is 4.31. The maximum atomic E-state index is 2.63. The maximum absolute atomic E-state index is 2.63. The number of fused-ring (bicyclic) bond motifs is 3. The van der Waals surface area contributed by atoms with E-state index in [1.165, 1.54) is 45.1 Å². The van der Waals surface area contributed by atoms with E-state index in [2.05, 4.69) is 11.5 Å². The minimum absolute atomic E-state index is 1.25. The van der Waals surface area contributed by atoms with Crippen LogP contribution in [0.3, 0.4) is 0 Å². The third-order valence-electron chi connectivity index (χ3n) is 3.70. The molecule has 13 heavy (non-hydrogen) atoms. The lowest BCUT2D eigenvalue weighted by Gasteiger charge is -2.02. The molecule has 0 spiro atoms. The molecular formula is C12H17N. The zero-order valence-corrected chi connectivity index (χ0v) is 8.40. The van der Waals surface area contributed by atoms with Crippen molar-refractivity contribution in [2.75, 3.05) is 0 Å². The van der Waals surface area contributed by atoms with Gasteiger partial charge in [-0.15, -0.1) is 0 Å². The van der Waals surface area contributed by atoms with Crippen molar-refractivity contribution >= 4 is 0 Å². The fourth-order valence-electron chi connectivity index (χ4n) is 3.23. The van der Waals surface area contributed by atoms with E-state index in [1.807, 2.05) is 0 Å². The van der Waals surface area contributed by atoms with Crippen LogP contribution in [0.15, 0.2) is 0 Å². The molecule has 0 N–H and O–H groups in total. The highest BCUT2D eigenvalue weighted by Crippen LogP contribution is 2.34. The van der Waals surface area contributed by atoms with Crippen LogP contribution in [0.4, 0.5) is 0 Å². The number of aromatic nitrogens is 1. The Kier molecular flexibility index (Phi) is 1.55. The van der Waals surface area contributed by atoms with Crippen LogP contribution in [-0.4, -0.2) is 4.57 Å². The first kappa shape index (κ1) is 7.66. The second kappa shape index (κ2) is 2.63. The Labute approximate surface area is 79.8 Å². The van der Waals surface area contributed by atoms with Crippen LogP contribution < -0.4 is 0 Å². The van der Waals surface area contributed by atoms with Crippen molar-refractivity contribution in [2.45, 2.75) is 52.0 Å². The van der Waals surface area contributed by atoms with Gasteiger partial charge in [-0.1, -0.05) is 6.92 Å². The molecule has 0 saturated heterocycles. The molecule has 0 unspecified atom stereocenters. The van der Waals surface area contributed by atoms with Gasteiger partial charge >= 0.3 is 0 Å². The summed E-state index contributed by atoms with van der Waals surface area (Å²) in [5.74, 6) is 0. The smallest absolute Gasteiger partial charge is 0.0228 e. The zero-order valence-electron chi connectivity index (χ0n) is 8.40. The topological polar surface area (TPSA) is 4.93 Å². The molecule has 0 radical (unpaired) electrons. The van der Waals surface area contributed by atoms with Crippen molar-refractivity contribution in [2.24, 2.45) is 0 Å². The zero-order chi connectivity index (χ0) is 8.84. The fourth-order valence-corrected chi connectivity index (χ4v) is 3.23. The van der Waals surface area contributed by atoms with Crippen molar-refractivity contribution in [1.29, 1.82) is 0 Å². The Morgan fingerprint density at radius 2 is 1.92 bits per heavy atom. The molecule has 0 bridgehead atoms. The normalized spacial score (nSPS) is 19.2. The molecule has 0 amide bonds. The highest BCUT2D eigenvalue weighted by molar-refractivity contribution is 5.42. The van der Waals surface area contributed by atoms with E-state index >= 15 is 0 Å². The summed E-state index contributed by atoms with van der Waals surface area (Å²) < 4.78 is 2.63. The third kappa shape index (κ3) is 0.877. The SMILES string of the molecule is CCc1c2c(n3c1CCC3)CCC2. The van der Waals surface area contributed by atoms with Crippen LogP contribution in [0.1, 0.15) is 42.3 Å². The van der Waals surface area contributed by atoms with E-state index in [-0.39, 0.29) is 0 Å². The molecule has 70 valence electrons. The van der Waals surface area contributed by atoms with Gasteiger partial charge in [0.15, 0.2) is 0 Å². The summed E-state index contributed by atoms with van der Waals surface area (Å²) in [5.41, 5.74) is 6.83. The molecule has 3 rings (SSSR count). The van der Waals surface area contributed by atoms with Gasteiger partial charge in [-0.05, 0) is 49.7 Å². The molecule has 0 fully saturated rings. The van der Waals surface area contributed by atoms with Crippen LogP contribution in [0.5, 0.6) is 0 Å². The molecule has 1 nitrogen and oxygen atoms in total. The Hall–Kier alpha value is -0.720. The molecule has 1 aliphatic heterocycles. The Balaban J connectivity index is 2.23. The van der Waals surface area contributed by atoms with Crippen molar-refractivity contribution in [3.05, 3.63) is 22.5 Å². The van der Waals surface area contributed by atoms with Crippen LogP contribution in [-0.2, 0) is 32.2 Å². The van der Waals surface area contributed by atoms with Gasteiger partial charge in [-0.2, -0.15) is 0 Å². The van der Waals surface area contributed by atoms with Gasteiger partial charge in [0.05, 0.1) is 0 Å². The summed E-state index contributed by atoms with van der Waals surface area (Å²) in [4.78, 5) is 0. The van der Waals surface area contributed by atoms with Crippen molar-refractivity contribution < 1.29 is 0 Å². The molecule has 2 aliphatic rings. The van der Waals surface area contributed by atoms with Crippen molar-refractivity contribution in [3.8, 4) is 0 Å². The van der Waals surface area contributed by atoms with Gasteiger partial charge in [-0.25, -0.2) is 0 Å². The summed E-state index contributed by atoms with van der Waals surface area (Å²) in [5, 5.41) is 0. The van der Waals surface area contributed by atoms with E-state index in [0.717, 1.165) is 0 Å². The maximum Gasteiger partial charge on any atom is 0.0228 e. The lowest BCUT2D eigenvalue weighted by molar-refractivity contribution is 0.708. The number of hydrogen-bond acceptors (Lipinski definition) is 0. The van der Waals surface area contributed by atoms with E-state index in [0.29, 0.717) is 0 Å². The van der Waals surface area contributed by atoms with Gasteiger partial charge in [0.2, 0.25) is 0 Å². The average Bonchev–Trinajstić information content (AvgIpc) is 2.71. The van der Waals surface area contributed by atoms with Crippen molar-refractivity contribution in [1.82, 2.24) is 4.57 Å². The van der Waals surface area contributed by atoms with E-state index in [1.54, 1.807) is 22.5 Å². The fraction of sp³-hybridized carbons (Fsp3) is 0.667. The first-order valence-corrected chi connectivity index (χ1v) is 5.63. The lowest BCUT2D eigenvalue weighted by Crippen LogP contribution is -1.97.